The molecule has 2 aromatic rings. The lowest BCUT2D eigenvalue weighted by Gasteiger charge is -2.30. The third-order valence-corrected chi connectivity index (χ3v) is 4.41. The number of hydrogen-bond donors (Lipinski definition) is 3. The van der Waals surface area contributed by atoms with Gasteiger partial charge in [0.05, 0.1) is 22.1 Å². The quantitative estimate of drug-likeness (QED) is 0.515. The Balaban J connectivity index is 2.02. The van der Waals surface area contributed by atoms with Crippen molar-refractivity contribution in [3.63, 3.8) is 0 Å². The van der Waals surface area contributed by atoms with Gasteiger partial charge in [-0.1, -0.05) is 24.3 Å². The van der Waals surface area contributed by atoms with Crippen molar-refractivity contribution in [2.45, 2.75) is 19.1 Å². The van der Waals surface area contributed by atoms with Crippen LogP contribution in [0.3, 0.4) is 0 Å². The van der Waals surface area contributed by atoms with E-state index in [2.05, 4.69) is 16.0 Å². The summed E-state index contributed by atoms with van der Waals surface area (Å²) in [6.07, 6.45) is -4.71. The van der Waals surface area contributed by atoms with Gasteiger partial charge in [0.1, 0.15) is 0 Å². The van der Waals surface area contributed by atoms with E-state index in [-0.39, 0.29) is 28.2 Å². The van der Waals surface area contributed by atoms with Gasteiger partial charge in [0.25, 0.3) is 11.6 Å². The first-order chi connectivity index (χ1) is 14.1. The average Bonchev–Trinajstić information content (AvgIpc) is 2.66. The maximum Gasteiger partial charge on any atom is 0.416 e. The van der Waals surface area contributed by atoms with Crippen molar-refractivity contribution in [1.29, 1.82) is 0 Å². The van der Waals surface area contributed by atoms with E-state index in [0.717, 1.165) is 12.1 Å². The van der Waals surface area contributed by atoms with Gasteiger partial charge in [-0.3, -0.25) is 14.9 Å². The van der Waals surface area contributed by atoms with Crippen LogP contribution in [0, 0.1) is 10.1 Å². The Hall–Kier alpha value is -3.89. The molecule has 30 heavy (non-hydrogen) atoms. The third kappa shape index (κ3) is 4.24. The summed E-state index contributed by atoms with van der Waals surface area (Å²) in [6, 6.07) is 7.55. The number of benzene rings is 2. The fourth-order valence-electron chi connectivity index (χ4n) is 3.13. The van der Waals surface area contributed by atoms with E-state index >= 15 is 0 Å². The minimum Gasteiger partial charge on any atom is -0.327 e. The lowest BCUT2D eigenvalue weighted by molar-refractivity contribution is -0.384. The van der Waals surface area contributed by atoms with E-state index in [0.29, 0.717) is 0 Å². The summed E-state index contributed by atoms with van der Waals surface area (Å²) in [5.41, 5.74) is -1.59. The van der Waals surface area contributed by atoms with Crippen LogP contribution in [-0.4, -0.2) is 16.9 Å². The molecule has 0 bridgehead atoms. The second-order valence-electron chi connectivity index (χ2n) is 6.42. The fraction of sp³-hybridized carbons (Fsp3) is 0.158. The summed E-state index contributed by atoms with van der Waals surface area (Å²) in [5, 5.41) is 18.1. The Bertz CT molecular complexity index is 1070. The first-order valence-electron chi connectivity index (χ1n) is 8.58. The summed E-state index contributed by atoms with van der Waals surface area (Å²) < 4.78 is 40.5. The molecular weight excluding hydrogens is 405 g/mol. The van der Waals surface area contributed by atoms with Gasteiger partial charge in [0, 0.05) is 23.5 Å². The number of alkyl halides is 3. The predicted octanol–water partition coefficient (Wildman–Crippen LogP) is 3.88. The molecule has 1 unspecified atom stereocenters. The Labute approximate surface area is 167 Å². The number of halogens is 3. The lowest BCUT2D eigenvalue weighted by Crippen LogP contribution is -2.46. The molecule has 0 fully saturated rings. The molecule has 3 rings (SSSR count). The summed E-state index contributed by atoms with van der Waals surface area (Å²) in [4.78, 5) is 35.1. The zero-order chi connectivity index (χ0) is 22.1. The maximum atomic E-state index is 13.5. The number of carbonyl (C=O) groups excluding carboxylic acids is 2. The minimum atomic E-state index is -4.71. The van der Waals surface area contributed by atoms with Crippen LogP contribution < -0.4 is 16.0 Å². The molecule has 1 atom stereocenters. The smallest absolute Gasteiger partial charge is 0.327 e. The number of carbonyl (C=O) groups is 2. The number of allylic oxidation sites excluding steroid dienone is 1. The summed E-state index contributed by atoms with van der Waals surface area (Å²) in [6.45, 7) is 1.38. The monoisotopic (exact) mass is 420 g/mol. The van der Waals surface area contributed by atoms with Gasteiger partial charge in [0.15, 0.2) is 0 Å². The molecule has 3 N–H and O–H groups in total. The predicted molar refractivity (Wildman–Crippen MR) is 100 cm³/mol. The molecule has 0 aliphatic carbocycles. The van der Waals surface area contributed by atoms with Crippen molar-refractivity contribution < 1.29 is 27.7 Å². The van der Waals surface area contributed by atoms with Gasteiger partial charge in [-0.2, -0.15) is 13.2 Å². The van der Waals surface area contributed by atoms with Crippen LogP contribution in [0.4, 0.5) is 29.3 Å². The van der Waals surface area contributed by atoms with Crippen LogP contribution in [0.15, 0.2) is 59.8 Å². The number of anilines is 1. The normalized spacial score (nSPS) is 16.5. The molecule has 0 radical (unpaired) electrons. The number of nitrogens with zero attached hydrogens (tertiary/aromatic N) is 1. The highest BCUT2D eigenvalue weighted by atomic mass is 19.4. The van der Waals surface area contributed by atoms with Crippen molar-refractivity contribution >= 4 is 23.3 Å². The van der Waals surface area contributed by atoms with Crippen LogP contribution in [0.2, 0.25) is 0 Å². The zero-order valence-corrected chi connectivity index (χ0v) is 15.4. The number of hydrogen-bond acceptors (Lipinski definition) is 4. The van der Waals surface area contributed by atoms with Gasteiger partial charge < -0.3 is 16.0 Å². The van der Waals surface area contributed by atoms with Gasteiger partial charge in [0.2, 0.25) is 0 Å². The highest BCUT2D eigenvalue weighted by Gasteiger charge is 2.39. The molecule has 1 aliphatic rings. The molecule has 8 nitrogen and oxygen atoms in total. The molecule has 2 aromatic carbocycles. The Morgan fingerprint density at radius 3 is 2.53 bits per heavy atom. The van der Waals surface area contributed by atoms with Crippen LogP contribution in [0.25, 0.3) is 0 Å². The Morgan fingerprint density at radius 1 is 1.17 bits per heavy atom. The van der Waals surface area contributed by atoms with Crippen molar-refractivity contribution in [2.24, 2.45) is 0 Å². The highest BCUT2D eigenvalue weighted by Crippen LogP contribution is 2.38. The van der Waals surface area contributed by atoms with Crippen molar-refractivity contribution in [2.75, 3.05) is 5.32 Å². The van der Waals surface area contributed by atoms with E-state index in [4.69, 9.17) is 0 Å². The molecule has 0 spiro atoms. The van der Waals surface area contributed by atoms with Crippen LogP contribution >= 0.6 is 0 Å². The second kappa shape index (κ2) is 7.85. The van der Waals surface area contributed by atoms with Gasteiger partial charge in [-0.25, -0.2) is 4.79 Å². The van der Waals surface area contributed by atoms with Gasteiger partial charge >= 0.3 is 12.2 Å². The molecule has 0 aromatic heterocycles. The molecule has 0 saturated heterocycles. The number of rotatable bonds is 4. The van der Waals surface area contributed by atoms with Crippen molar-refractivity contribution in [1.82, 2.24) is 10.6 Å². The van der Waals surface area contributed by atoms with Crippen LogP contribution in [-0.2, 0) is 11.0 Å². The largest absolute Gasteiger partial charge is 0.416 e. The molecule has 11 heteroatoms. The van der Waals surface area contributed by atoms with Gasteiger partial charge in [-0.05, 0) is 24.6 Å². The Morgan fingerprint density at radius 2 is 1.87 bits per heavy atom. The van der Waals surface area contributed by atoms with E-state index in [1.165, 1.54) is 43.3 Å². The molecule has 1 aliphatic heterocycles. The second-order valence-corrected chi connectivity index (χ2v) is 6.42. The van der Waals surface area contributed by atoms with E-state index in [1.54, 1.807) is 0 Å². The maximum absolute atomic E-state index is 13.5. The number of urea groups is 1. The SMILES string of the molecule is CC1=C(C(=O)Nc2cccc([N+](=O)[O-])c2)C(c2ccccc2C(F)(F)F)NC(=O)N1. The fourth-order valence-corrected chi connectivity index (χ4v) is 3.13. The number of amides is 3. The summed E-state index contributed by atoms with van der Waals surface area (Å²) >= 11 is 0. The van der Waals surface area contributed by atoms with E-state index in [9.17, 15) is 32.9 Å². The van der Waals surface area contributed by atoms with E-state index in [1.807, 2.05) is 0 Å². The third-order valence-electron chi connectivity index (χ3n) is 4.41. The molecular formula is C19H15F3N4O4. The van der Waals surface area contributed by atoms with Crippen LogP contribution in [0.1, 0.15) is 24.1 Å². The summed E-state index contributed by atoms with van der Waals surface area (Å²) in [7, 11) is 0. The van der Waals surface area contributed by atoms with E-state index < -0.39 is 34.6 Å². The average molecular weight is 420 g/mol. The van der Waals surface area contributed by atoms with Gasteiger partial charge in [-0.15, -0.1) is 0 Å². The molecule has 1 heterocycles. The van der Waals surface area contributed by atoms with Crippen molar-refractivity contribution in [3.8, 4) is 0 Å². The van der Waals surface area contributed by atoms with Crippen molar-refractivity contribution in [3.05, 3.63) is 81.0 Å². The first kappa shape index (κ1) is 20.8. The minimum absolute atomic E-state index is 0.0589. The first-order valence-corrected chi connectivity index (χ1v) is 8.58. The standard InChI is InChI=1S/C19H15F3N4O4/c1-10-15(17(27)24-11-5-4-6-12(9-11)26(29)30)16(25-18(28)23-10)13-7-2-3-8-14(13)19(20,21)22/h2-9,16H,1H3,(H,24,27)(H2,23,25,28). The number of non-ortho nitro benzene ring substituents is 1. The highest BCUT2D eigenvalue weighted by molar-refractivity contribution is 6.07. The topological polar surface area (TPSA) is 113 Å². The molecule has 3 amide bonds. The zero-order valence-electron chi connectivity index (χ0n) is 15.4. The number of nitro groups is 1. The Kier molecular flexibility index (Phi) is 5.45. The molecule has 0 saturated carbocycles. The summed E-state index contributed by atoms with van der Waals surface area (Å²) in [5.74, 6) is -0.817. The molecule has 156 valence electrons. The lowest BCUT2D eigenvalue weighted by atomic mass is 9.91. The van der Waals surface area contributed by atoms with Crippen LogP contribution in [0.5, 0.6) is 0 Å². The number of nitrogens with one attached hydrogen (secondary N) is 3. The number of nitro benzene ring substituents is 1.